The van der Waals surface area contributed by atoms with Crippen molar-refractivity contribution in [2.75, 3.05) is 0 Å². The van der Waals surface area contributed by atoms with Gasteiger partial charge in [0.15, 0.2) is 0 Å². The molecule has 6 nitrogen and oxygen atoms in total. The lowest BCUT2D eigenvalue weighted by Gasteiger charge is -2.15. The number of aromatic nitrogens is 5. The zero-order chi connectivity index (χ0) is 17.4. The van der Waals surface area contributed by atoms with Crippen LogP contribution < -0.4 is 5.56 Å². The fraction of sp³-hybridized carbons (Fsp3) is 0.111. The van der Waals surface area contributed by atoms with Crippen molar-refractivity contribution in [3.05, 3.63) is 76.5 Å². The summed E-state index contributed by atoms with van der Waals surface area (Å²) in [5, 5.41) is 9.07. The number of rotatable bonds is 3. The number of nitrogens with zero attached hydrogens (tertiary/aromatic N) is 5. The van der Waals surface area contributed by atoms with E-state index in [4.69, 9.17) is 0 Å². The number of benzene rings is 2. The van der Waals surface area contributed by atoms with Gasteiger partial charge in [-0.2, -0.15) is 0 Å². The van der Waals surface area contributed by atoms with Gasteiger partial charge in [-0.25, -0.2) is 9.67 Å². The Bertz CT molecular complexity index is 1130. The number of thiol groups is 1. The van der Waals surface area contributed by atoms with Crippen molar-refractivity contribution >= 4 is 23.5 Å². The summed E-state index contributed by atoms with van der Waals surface area (Å²) < 4.78 is 3.34. The maximum Gasteiger partial charge on any atom is 0.265 e. The molecule has 0 atom stereocenters. The highest BCUT2D eigenvalue weighted by atomic mass is 32.1. The van der Waals surface area contributed by atoms with Crippen molar-refractivity contribution < 1.29 is 0 Å². The van der Waals surface area contributed by atoms with Crippen molar-refractivity contribution in [2.24, 2.45) is 0 Å². The third-order valence-corrected chi connectivity index (χ3v) is 4.24. The molecule has 0 aliphatic carbocycles. The lowest BCUT2D eigenvalue weighted by molar-refractivity contribution is 0.645. The molecule has 0 N–H and O–H groups in total. The molecule has 4 rings (SSSR count). The molecule has 4 aromatic rings. The molecule has 0 radical (unpaired) electrons. The van der Waals surface area contributed by atoms with Crippen molar-refractivity contribution in [3.63, 3.8) is 0 Å². The van der Waals surface area contributed by atoms with Gasteiger partial charge in [0.2, 0.25) is 0 Å². The van der Waals surface area contributed by atoms with E-state index >= 15 is 0 Å². The van der Waals surface area contributed by atoms with Gasteiger partial charge in [0.1, 0.15) is 10.9 Å². The first-order valence-corrected chi connectivity index (χ1v) is 8.24. The predicted molar refractivity (Wildman–Crippen MR) is 98.5 cm³/mol. The lowest BCUT2D eigenvalue weighted by Crippen LogP contribution is -2.23. The van der Waals surface area contributed by atoms with Gasteiger partial charge in [0.05, 0.1) is 29.3 Å². The molecule has 0 fully saturated rings. The highest BCUT2D eigenvalue weighted by Gasteiger charge is 2.13. The summed E-state index contributed by atoms with van der Waals surface area (Å²) in [7, 11) is 0. The predicted octanol–water partition coefficient (Wildman–Crippen LogP) is 2.62. The van der Waals surface area contributed by atoms with E-state index < -0.39 is 0 Å². The highest BCUT2D eigenvalue weighted by molar-refractivity contribution is 7.80. The second-order valence-electron chi connectivity index (χ2n) is 5.72. The van der Waals surface area contributed by atoms with Gasteiger partial charge in [0.25, 0.3) is 5.56 Å². The summed E-state index contributed by atoms with van der Waals surface area (Å²) in [5.74, 6) is 0.643. The van der Waals surface area contributed by atoms with Gasteiger partial charge in [-0.1, -0.05) is 35.5 Å². The van der Waals surface area contributed by atoms with Crippen molar-refractivity contribution in [1.29, 1.82) is 0 Å². The Morgan fingerprint density at radius 1 is 1.08 bits per heavy atom. The Kier molecular flexibility index (Phi) is 3.85. The topological polar surface area (TPSA) is 65.6 Å². The van der Waals surface area contributed by atoms with Crippen LogP contribution in [-0.2, 0) is 6.54 Å². The quantitative estimate of drug-likeness (QED) is 0.578. The van der Waals surface area contributed by atoms with Crippen LogP contribution in [0, 0.1) is 6.92 Å². The first-order valence-electron chi connectivity index (χ1n) is 7.79. The standard InChI is InChI=1S/C18H15N5OS/c1-12-19-15-8-4-3-7-14(15)18(24)23(12)16-9-5-2-6-13(16)10-22-11-17(25)20-21-22/h2-9,11,25H,10H2,1H3. The molecule has 124 valence electrons. The maximum absolute atomic E-state index is 13.0. The smallest absolute Gasteiger partial charge is 0.265 e. The van der Waals surface area contributed by atoms with Gasteiger partial charge in [0, 0.05) is 0 Å². The zero-order valence-electron chi connectivity index (χ0n) is 13.5. The Labute approximate surface area is 149 Å². The van der Waals surface area contributed by atoms with E-state index in [1.54, 1.807) is 21.5 Å². The van der Waals surface area contributed by atoms with Gasteiger partial charge in [-0.15, -0.1) is 17.7 Å². The molecule has 0 unspecified atom stereocenters. The minimum absolute atomic E-state index is 0.0796. The number of aryl methyl sites for hydroxylation is 1. The monoisotopic (exact) mass is 349 g/mol. The summed E-state index contributed by atoms with van der Waals surface area (Å²) >= 11 is 4.18. The largest absolute Gasteiger partial charge is 0.268 e. The van der Waals surface area contributed by atoms with Crippen molar-refractivity contribution in [1.82, 2.24) is 24.5 Å². The third kappa shape index (κ3) is 2.83. The molecule has 0 bridgehead atoms. The van der Waals surface area contributed by atoms with Gasteiger partial charge in [-0.05, 0) is 30.7 Å². The molecule has 0 saturated heterocycles. The molecule has 0 spiro atoms. The minimum atomic E-state index is -0.0796. The average molecular weight is 349 g/mol. The minimum Gasteiger partial charge on any atom is -0.268 e. The third-order valence-electron chi connectivity index (χ3n) is 4.03. The van der Waals surface area contributed by atoms with Gasteiger partial charge in [-0.3, -0.25) is 9.36 Å². The molecule has 2 heterocycles. The van der Waals surface area contributed by atoms with Crippen LogP contribution in [-0.4, -0.2) is 24.5 Å². The van der Waals surface area contributed by atoms with Crippen LogP contribution in [0.5, 0.6) is 0 Å². The summed E-state index contributed by atoms with van der Waals surface area (Å²) in [6, 6.07) is 15.1. The summed E-state index contributed by atoms with van der Waals surface area (Å²) in [4.78, 5) is 17.6. The molecular weight excluding hydrogens is 334 g/mol. The number of fused-ring (bicyclic) bond motifs is 1. The molecule has 0 amide bonds. The van der Waals surface area contributed by atoms with Crippen LogP contribution in [0.1, 0.15) is 11.4 Å². The second-order valence-corrected chi connectivity index (χ2v) is 6.18. The Morgan fingerprint density at radius 3 is 2.64 bits per heavy atom. The number of hydrogen-bond donors (Lipinski definition) is 1. The molecule has 2 aromatic heterocycles. The molecule has 25 heavy (non-hydrogen) atoms. The van der Waals surface area contributed by atoms with E-state index in [9.17, 15) is 4.79 Å². The molecule has 0 aliphatic rings. The summed E-state index contributed by atoms with van der Waals surface area (Å²) in [6.07, 6.45) is 1.74. The van der Waals surface area contributed by atoms with Crippen LogP contribution >= 0.6 is 12.6 Å². The molecular formula is C18H15N5OS. The highest BCUT2D eigenvalue weighted by Crippen LogP contribution is 2.17. The van der Waals surface area contributed by atoms with Crippen molar-refractivity contribution in [3.8, 4) is 5.69 Å². The van der Waals surface area contributed by atoms with Crippen molar-refractivity contribution in [2.45, 2.75) is 18.5 Å². The SMILES string of the molecule is Cc1nc2ccccc2c(=O)n1-c1ccccc1Cn1cc(S)nn1. The molecule has 0 saturated carbocycles. The molecule has 2 aromatic carbocycles. The van der Waals surface area contributed by atoms with Gasteiger partial charge < -0.3 is 0 Å². The Morgan fingerprint density at radius 2 is 1.84 bits per heavy atom. The van der Waals surface area contributed by atoms with Crippen LogP contribution in [0.3, 0.4) is 0 Å². The molecule has 7 heteroatoms. The summed E-state index contributed by atoms with van der Waals surface area (Å²) in [5.41, 5.74) is 2.36. The van der Waals surface area contributed by atoms with Gasteiger partial charge >= 0.3 is 0 Å². The summed E-state index contributed by atoms with van der Waals surface area (Å²) in [6.45, 7) is 2.33. The zero-order valence-corrected chi connectivity index (χ0v) is 14.4. The fourth-order valence-electron chi connectivity index (χ4n) is 2.93. The average Bonchev–Trinajstić information content (AvgIpc) is 3.01. The maximum atomic E-state index is 13.0. The molecule has 0 aliphatic heterocycles. The van der Waals surface area contributed by atoms with E-state index in [0.717, 1.165) is 11.3 Å². The van der Waals surface area contributed by atoms with E-state index in [2.05, 4.69) is 27.9 Å². The Balaban J connectivity index is 1.91. The van der Waals surface area contributed by atoms with E-state index in [0.29, 0.717) is 28.3 Å². The Hall–Kier alpha value is -2.93. The van der Waals surface area contributed by atoms with E-state index in [-0.39, 0.29) is 5.56 Å². The first kappa shape index (κ1) is 15.6. The fourth-order valence-corrected chi connectivity index (χ4v) is 3.10. The first-order chi connectivity index (χ1) is 12.1. The van der Waals surface area contributed by atoms with E-state index in [1.807, 2.05) is 49.4 Å². The lowest BCUT2D eigenvalue weighted by atomic mass is 10.1. The van der Waals surface area contributed by atoms with Crippen LogP contribution in [0.2, 0.25) is 0 Å². The number of hydrogen-bond acceptors (Lipinski definition) is 5. The van der Waals surface area contributed by atoms with Crippen LogP contribution in [0.4, 0.5) is 0 Å². The number of para-hydroxylation sites is 2. The normalized spacial score (nSPS) is 11.1. The van der Waals surface area contributed by atoms with E-state index in [1.165, 1.54) is 0 Å². The van der Waals surface area contributed by atoms with Crippen LogP contribution in [0.25, 0.3) is 16.6 Å². The van der Waals surface area contributed by atoms with Crippen LogP contribution in [0.15, 0.2) is 64.5 Å². The second kappa shape index (κ2) is 6.18.